The number of phosphoric ester groups is 2. The zero-order valence-corrected chi connectivity index (χ0v) is 56.5. The number of esters is 4. The van der Waals surface area contributed by atoms with Crippen molar-refractivity contribution in [2.45, 2.75) is 355 Å². The summed E-state index contributed by atoms with van der Waals surface area (Å²) in [7, 11) is -9.89. The van der Waals surface area contributed by atoms with Crippen LogP contribution in [0.4, 0.5) is 0 Å². The number of unbranched alkanes of at least 4 members (excludes halogenated alkanes) is 37. The van der Waals surface area contributed by atoms with Crippen LogP contribution in [0, 0.1) is 5.92 Å². The van der Waals surface area contributed by atoms with Crippen LogP contribution < -0.4 is 0 Å². The Morgan fingerprint density at radius 3 is 0.835 bits per heavy atom. The molecule has 17 nitrogen and oxygen atoms in total. The summed E-state index contributed by atoms with van der Waals surface area (Å²) in [5.74, 6) is -1.41. The highest BCUT2D eigenvalue weighted by Crippen LogP contribution is 2.45. The van der Waals surface area contributed by atoms with Gasteiger partial charge in [0.1, 0.15) is 19.3 Å². The molecule has 85 heavy (non-hydrogen) atoms. The maximum Gasteiger partial charge on any atom is 0.472 e. The summed E-state index contributed by atoms with van der Waals surface area (Å²) in [6.07, 6.45) is 44.5. The summed E-state index contributed by atoms with van der Waals surface area (Å²) in [5.41, 5.74) is 0. The van der Waals surface area contributed by atoms with Crippen LogP contribution in [-0.4, -0.2) is 96.7 Å². The van der Waals surface area contributed by atoms with E-state index in [1.165, 1.54) is 154 Å². The minimum Gasteiger partial charge on any atom is -0.462 e. The van der Waals surface area contributed by atoms with E-state index in [9.17, 15) is 43.2 Å². The van der Waals surface area contributed by atoms with E-state index in [2.05, 4.69) is 34.6 Å². The van der Waals surface area contributed by atoms with Crippen molar-refractivity contribution in [2.75, 3.05) is 39.6 Å². The molecular formula is C66H128O17P2. The van der Waals surface area contributed by atoms with Gasteiger partial charge in [0.2, 0.25) is 0 Å². The van der Waals surface area contributed by atoms with Crippen LogP contribution in [0.5, 0.6) is 0 Å². The van der Waals surface area contributed by atoms with Crippen LogP contribution in [0.1, 0.15) is 336 Å². The predicted octanol–water partition coefficient (Wildman–Crippen LogP) is 18.6. The Labute approximate surface area is 517 Å². The third-order valence-electron chi connectivity index (χ3n) is 15.6. The molecule has 3 N–H and O–H groups in total. The predicted molar refractivity (Wildman–Crippen MR) is 340 cm³/mol. The van der Waals surface area contributed by atoms with E-state index in [0.717, 1.165) is 102 Å². The van der Waals surface area contributed by atoms with Gasteiger partial charge in [-0.3, -0.25) is 37.3 Å². The Kier molecular flexibility index (Phi) is 58.3. The molecule has 19 heteroatoms. The standard InChI is InChI=1S/C66H128O17P2/c1-6-10-13-16-19-22-24-25-26-27-28-30-32-35-41-46-51-65(70)82-61(55-77-64(69)50-45-40-34-31-29-23-20-17-14-11-7-2)57-80-84(72,73)78-53-60(67)54-79-85(74,75)81-58-62(56-76-63(68)49-44-39-33-21-18-15-12-8-3)83-66(71)52-47-42-37-36-38-43-48-59(5)9-4/h59-62,67H,6-58H2,1-5H3,(H,72,73)(H,74,75)/t59?,60-,61-,62-/m1/s1. The second-order valence-corrected chi connectivity index (χ2v) is 27.0. The highest BCUT2D eigenvalue weighted by atomic mass is 31.2. The fraction of sp³-hybridized carbons (Fsp3) is 0.939. The Morgan fingerprint density at radius 2 is 0.565 bits per heavy atom. The lowest BCUT2D eigenvalue weighted by atomic mass is 10.00. The molecule has 0 aliphatic heterocycles. The van der Waals surface area contributed by atoms with Crippen molar-refractivity contribution in [1.29, 1.82) is 0 Å². The fourth-order valence-electron chi connectivity index (χ4n) is 9.90. The van der Waals surface area contributed by atoms with E-state index >= 15 is 0 Å². The number of phosphoric acid groups is 2. The third kappa shape index (κ3) is 59.5. The quantitative estimate of drug-likeness (QED) is 0.0222. The lowest BCUT2D eigenvalue weighted by Gasteiger charge is -2.21. The summed E-state index contributed by atoms with van der Waals surface area (Å²) >= 11 is 0. The minimum atomic E-state index is -4.95. The van der Waals surface area contributed by atoms with Crippen molar-refractivity contribution in [3.63, 3.8) is 0 Å². The molecule has 3 unspecified atom stereocenters. The molecule has 0 saturated heterocycles. The first-order valence-corrected chi connectivity index (χ1v) is 37.7. The maximum atomic E-state index is 13.0. The van der Waals surface area contributed by atoms with Crippen molar-refractivity contribution in [3.05, 3.63) is 0 Å². The normalized spacial score (nSPS) is 14.5. The van der Waals surface area contributed by atoms with E-state index in [0.29, 0.717) is 25.7 Å². The first-order valence-electron chi connectivity index (χ1n) is 34.7. The average molecular weight is 1260 g/mol. The molecule has 0 saturated carbocycles. The second kappa shape index (κ2) is 59.7. The van der Waals surface area contributed by atoms with Crippen LogP contribution in [-0.2, 0) is 65.4 Å². The third-order valence-corrected chi connectivity index (χ3v) is 17.5. The van der Waals surface area contributed by atoms with Crippen LogP contribution in [0.15, 0.2) is 0 Å². The number of hydrogen-bond donors (Lipinski definition) is 3. The molecule has 0 aliphatic carbocycles. The van der Waals surface area contributed by atoms with Crippen molar-refractivity contribution in [1.82, 2.24) is 0 Å². The van der Waals surface area contributed by atoms with E-state index < -0.39 is 97.5 Å². The molecule has 0 spiro atoms. The molecule has 0 aromatic rings. The van der Waals surface area contributed by atoms with Crippen molar-refractivity contribution < 1.29 is 80.2 Å². The smallest absolute Gasteiger partial charge is 0.462 e. The zero-order valence-electron chi connectivity index (χ0n) is 54.7. The highest BCUT2D eigenvalue weighted by molar-refractivity contribution is 7.47. The molecule has 0 aromatic carbocycles. The van der Waals surface area contributed by atoms with Gasteiger partial charge in [0.15, 0.2) is 12.2 Å². The van der Waals surface area contributed by atoms with Gasteiger partial charge in [-0.15, -0.1) is 0 Å². The second-order valence-electron chi connectivity index (χ2n) is 24.1. The van der Waals surface area contributed by atoms with E-state index in [1.54, 1.807) is 0 Å². The lowest BCUT2D eigenvalue weighted by Crippen LogP contribution is -2.30. The Morgan fingerprint density at radius 1 is 0.329 bits per heavy atom. The van der Waals surface area contributed by atoms with Gasteiger partial charge in [0, 0.05) is 25.7 Å². The van der Waals surface area contributed by atoms with Crippen LogP contribution in [0.3, 0.4) is 0 Å². The van der Waals surface area contributed by atoms with Gasteiger partial charge < -0.3 is 33.8 Å². The Bertz CT molecular complexity index is 1650. The molecule has 0 radical (unpaired) electrons. The molecule has 0 bridgehead atoms. The Hall–Kier alpha value is -1.94. The van der Waals surface area contributed by atoms with Gasteiger partial charge in [0.25, 0.3) is 0 Å². The van der Waals surface area contributed by atoms with Gasteiger partial charge in [0.05, 0.1) is 26.4 Å². The molecule has 0 fully saturated rings. The van der Waals surface area contributed by atoms with Gasteiger partial charge in [-0.1, -0.05) is 285 Å². The summed E-state index contributed by atoms with van der Waals surface area (Å²) in [6.45, 7) is 7.14. The fourth-order valence-corrected chi connectivity index (χ4v) is 11.5. The lowest BCUT2D eigenvalue weighted by molar-refractivity contribution is -0.161. The van der Waals surface area contributed by atoms with Gasteiger partial charge in [-0.05, 0) is 31.6 Å². The van der Waals surface area contributed by atoms with Crippen molar-refractivity contribution in [2.24, 2.45) is 5.92 Å². The first kappa shape index (κ1) is 83.1. The summed E-state index contributed by atoms with van der Waals surface area (Å²) in [5, 5.41) is 10.5. The molecule has 504 valence electrons. The molecule has 0 heterocycles. The van der Waals surface area contributed by atoms with Gasteiger partial charge in [-0.2, -0.15) is 0 Å². The summed E-state index contributed by atoms with van der Waals surface area (Å²) < 4.78 is 68.0. The average Bonchev–Trinajstić information content (AvgIpc) is 3.53. The van der Waals surface area contributed by atoms with E-state index in [4.69, 9.17) is 37.0 Å². The number of aliphatic hydroxyl groups excluding tert-OH is 1. The number of carbonyl (C=O) groups is 4. The van der Waals surface area contributed by atoms with Crippen molar-refractivity contribution >= 4 is 39.5 Å². The molecule has 0 amide bonds. The highest BCUT2D eigenvalue weighted by Gasteiger charge is 2.30. The first-order chi connectivity index (χ1) is 41.1. The summed E-state index contributed by atoms with van der Waals surface area (Å²) in [4.78, 5) is 72.2. The SMILES string of the molecule is CCCCCCCCCCCCCCCCCCC(=O)O[C@H](COC(=O)CCCCCCCCCCCCC)COP(=O)(O)OC[C@@H](O)COP(=O)(O)OC[C@@H](COC(=O)CCCCCCCCCC)OC(=O)CCCCCCCCC(C)CC. The van der Waals surface area contributed by atoms with Crippen LogP contribution >= 0.6 is 15.6 Å². The minimum absolute atomic E-state index is 0.103. The van der Waals surface area contributed by atoms with Gasteiger partial charge >= 0.3 is 39.5 Å². The van der Waals surface area contributed by atoms with E-state index in [-0.39, 0.29) is 25.7 Å². The van der Waals surface area contributed by atoms with E-state index in [1.807, 2.05) is 0 Å². The molecule has 0 rings (SSSR count). The van der Waals surface area contributed by atoms with Crippen molar-refractivity contribution in [3.8, 4) is 0 Å². The molecular weight excluding hydrogens is 1130 g/mol. The molecule has 0 aromatic heterocycles. The maximum absolute atomic E-state index is 13.0. The number of rotatable bonds is 66. The number of hydrogen-bond acceptors (Lipinski definition) is 15. The number of ether oxygens (including phenoxy) is 4. The van der Waals surface area contributed by atoms with Crippen LogP contribution in [0.25, 0.3) is 0 Å². The number of aliphatic hydroxyl groups is 1. The molecule has 6 atom stereocenters. The zero-order chi connectivity index (χ0) is 62.8. The number of carbonyl (C=O) groups excluding carboxylic acids is 4. The van der Waals surface area contributed by atoms with Crippen LogP contribution in [0.2, 0.25) is 0 Å². The molecule has 0 aliphatic rings. The topological polar surface area (TPSA) is 237 Å². The largest absolute Gasteiger partial charge is 0.472 e. The summed E-state index contributed by atoms with van der Waals surface area (Å²) in [6, 6.07) is 0. The van der Waals surface area contributed by atoms with Gasteiger partial charge in [-0.25, -0.2) is 9.13 Å². The monoisotopic (exact) mass is 1250 g/mol. The Balaban J connectivity index is 5.21.